The quantitative estimate of drug-likeness (QED) is 0.274. The summed E-state index contributed by atoms with van der Waals surface area (Å²) in [6.45, 7) is 10.1. The number of aromatic carboxylic acids is 1. The minimum absolute atomic E-state index is 0.0338. The third kappa shape index (κ3) is 7.66. The molecule has 0 saturated heterocycles. The summed E-state index contributed by atoms with van der Waals surface area (Å²) in [5.41, 5.74) is 4.51. The highest BCUT2D eigenvalue weighted by molar-refractivity contribution is 6.30. The Morgan fingerprint density at radius 2 is 1.59 bits per heavy atom. The largest absolute Gasteiger partial charge is 0.478 e. The van der Waals surface area contributed by atoms with Crippen molar-refractivity contribution < 1.29 is 19.4 Å². The van der Waals surface area contributed by atoms with Gasteiger partial charge in [0.15, 0.2) is 5.75 Å². The molecule has 1 saturated carbocycles. The van der Waals surface area contributed by atoms with Crippen LogP contribution in [-0.4, -0.2) is 46.6 Å². The predicted molar refractivity (Wildman–Crippen MR) is 165 cm³/mol. The molecule has 7 heteroatoms. The molecule has 2 aliphatic rings. The Hall–Kier alpha value is -2.96. The Kier molecular flexibility index (Phi) is 11.2. The van der Waals surface area contributed by atoms with E-state index in [9.17, 15) is 14.7 Å². The molecule has 220 valence electrons. The second kappa shape index (κ2) is 14.8. The molecule has 0 aliphatic heterocycles. The molecular formula is C34H43ClN2O4. The van der Waals surface area contributed by atoms with E-state index in [1.165, 1.54) is 25.2 Å². The Bertz CT molecular complexity index is 1340. The summed E-state index contributed by atoms with van der Waals surface area (Å²) >= 11 is 6.06. The van der Waals surface area contributed by atoms with Crippen LogP contribution in [0.2, 0.25) is 5.02 Å². The average molecular weight is 579 g/mol. The molecule has 5 rings (SSSR count). The molecule has 2 aliphatic carbocycles. The highest BCUT2D eigenvalue weighted by Gasteiger charge is 2.29. The summed E-state index contributed by atoms with van der Waals surface area (Å²) in [4.78, 5) is 33.0. The lowest BCUT2D eigenvalue weighted by atomic mass is 9.88. The first kappa shape index (κ1) is 31.0. The third-order valence-corrected chi connectivity index (χ3v) is 8.74. The maximum atomic E-state index is 13.1. The fourth-order valence-electron chi connectivity index (χ4n) is 6.02. The highest BCUT2D eigenvalue weighted by Crippen LogP contribution is 2.37. The second-order valence-electron chi connectivity index (χ2n) is 11.1. The van der Waals surface area contributed by atoms with Crippen molar-refractivity contribution in [3.8, 4) is 5.75 Å². The van der Waals surface area contributed by atoms with Crippen molar-refractivity contribution in [2.75, 3.05) is 19.6 Å². The molecule has 6 nitrogen and oxygen atoms in total. The second-order valence-corrected chi connectivity index (χ2v) is 11.5. The van der Waals surface area contributed by atoms with Gasteiger partial charge < -0.3 is 14.7 Å². The number of carboxylic acid groups (broad SMARTS) is 1. The van der Waals surface area contributed by atoms with Gasteiger partial charge in [0.25, 0.3) is 0 Å². The van der Waals surface area contributed by atoms with Gasteiger partial charge in [-0.25, -0.2) is 9.78 Å². The highest BCUT2D eigenvalue weighted by atomic mass is 35.5. The van der Waals surface area contributed by atoms with E-state index in [1.807, 2.05) is 24.3 Å². The molecule has 1 fully saturated rings. The van der Waals surface area contributed by atoms with Gasteiger partial charge in [-0.15, -0.1) is 0 Å². The normalized spacial score (nSPS) is 15.2. The molecule has 3 aromatic rings. The van der Waals surface area contributed by atoms with Crippen LogP contribution >= 0.6 is 11.6 Å². The minimum atomic E-state index is -1.10. The van der Waals surface area contributed by atoms with E-state index in [2.05, 4.69) is 25.7 Å². The molecule has 41 heavy (non-hydrogen) atoms. The molecule has 1 heterocycles. The Labute approximate surface area is 249 Å². The van der Waals surface area contributed by atoms with E-state index < -0.39 is 5.97 Å². The van der Waals surface area contributed by atoms with Crippen LogP contribution in [0.3, 0.4) is 0 Å². The van der Waals surface area contributed by atoms with Gasteiger partial charge in [-0.2, -0.15) is 0 Å². The van der Waals surface area contributed by atoms with Gasteiger partial charge in [0.2, 0.25) is 0 Å². The third-order valence-electron chi connectivity index (χ3n) is 8.49. The number of esters is 1. The van der Waals surface area contributed by atoms with Crippen LogP contribution in [0.25, 0.3) is 10.9 Å². The van der Waals surface area contributed by atoms with Crippen LogP contribution in [0.4, 0.5) is 0 Å². The number of hydrogen-bond donors (Lipinski definition) is 1. The van der Waals surface area contributed by atoms with Crippen molar-refractivity contribution in [2.45, 2.75) is 85.0 Å². The summed E-state index contributed by atoms with van der Waals surface area (Å²) in [5.74, 6) is -1.56. The number of carboxylic acids is 1. The average Bonchev–Trinajstić information content (AvgIpc) is 3.00. The number of rotatable bonds is 8. The molecule has 0 atom stereocenters. The van der Waals surface area contributed by atoms with Gasteiger partial charge in [0.1, 0.15) is 5.56 Å². The van der Waals surface area contributed by atoms with E-state index in [0.29, 0.717) is 22.5 Å². The van der Waals surface area contributed by atoms with Crippen LogP contribution in [-0.2, 0) is 24.1 Å². The first-order valence-electron chi connectivity index (χ1n) is 15.2. The van der Waals surface area contributed by atoms with Crippen LogP contribution in [0.5, 0.6) is 5.75 Å². The zero-order valence-corrected chi connectivity index (χ0v) is 25.4. The van der Waals surface area contributed by atoms with E-state index in [0.717, 1.165) is 74.4 Å². The lowest BCUT2D eigenvalue weighted by molar-refractivity contribution is -0.140. The summed E-state index contributed by atoms with van der Waals surface area (Å²) < 4.78 is 5.92. The molecule has 1 aromatic heterocycles. The molecule has 1 N–H and O–H groups in total. The zero-order valence-electron chi connectivity index (χ0n) is 24.7. The Balaban J connectivity index is 0.000000493. The summed E-state index contributed by atoms with van der Waals surface area (Å²) in [7, 11) is 0. The SMILES string of the molecule is CCN(CC)CC.O=C(O)c1c(OC(=O)C2CCCCC2)c(Cc2ccc(Cl)cc2)nc2c3c(ccc12)CCCC3. The van der Waals surface area contributed by atoms with Crippen molar-refractivity contribution in [1.29, 1.82) is 0 Å². The number of carbonyl (C=O) groups is 2. The van der Waals surface area contributed by atoms with Crippen LogP contribution in [0.1, 0.15) is 98.5 Å². The molecule has 0 spiro atoms. The molecule has 0 bridgehead atoms. The fraction of sp³-hybridized carbons (Fsp3) is 0.500. The standard InChI is InChI=1S/C28H28ClNO4.C6H15N/c29-20-13-10-17(11-14-20)16-23-26(34-28(33)19-7-2-1-3-8-19)24(27(31)32)22-15-12-18-6-4-5-9-21(18)25(22)30-23;1-4-7(5-2)6-3/h10-15,19H,1-9,16H2,(H,31,32);4-6H2,1-3H3. The molecule has 0 radical (unpaired) electrons. The van der Waals surface area contributed by atoms with Crippen molar-refractivity contribution in [3.63, 3.8) is 0 Å². The van der Waals surface area contributed by atoms with Gasteiger partial charge in [0.05, 0.1) is 17.1 Å². The monoisotopic (exact) mass is 578 g/mol. The number of carbonyl (C=O) groups excluding carboxylic acids is 1. The number of benzene rings is 2. The lowest BCUT2D eigenvalue weighted by Crippen LogP contribution is -2.24. The van der Waals surface area contributed by atoms with Gasteiger partial charge >= 0.3 is 11.9 Å². The van der Waals surface area contributed by atoms with E-state index in [4.69, 9.17) is 21.3 Å². The van der Waals surface area contributed by atoms with E-state index in [-0.39, 0.29) is 23.2 Å². The first-order chi connectivity index (χ1) is 19.9. The van der Waals surface area contributed by atoms with E-state index >= 15 is 0 Å². The van der Waals surface area contributed by atoms with Crippen molar-refractivity contribution in [2.24, 2.45) is 5.92 Å². The topological polar surface area (TPSA) is 79.7 Å². The maximum absolute atomic E-state index is 13.1. The maximum Gasteiger partial charge on any atom is 0.340 e. The molecule has 0 amide bonds. The van der Waals surface area contributed by atoms with Crippen LogP contribution in [0, 0.1) is 5.92 Å². The number of pyridine rings is 1. The number of ether oxygens (including phenoxy) is 1. The molecule has 2 aromatic carbocycles. The number of aryl methyl sites for hydroxylation is 2. The van der Waals surface area contributed by atoms with E-state index in [1.54, 1.807) is 12.1 Å². The van der Waals surface area contributed by atoms with Gasteiger partial charge in [-0.05, 0) is 87.0 Å². The first-order valence-corrected chi connectivity index (χ1v) is 15.6. The number of halogens is 1. The smallest absolute Gasteiger partial charge is 0.340 e. The number of aromatic nitrogens is 1. The van der Waals surface area contributed by atoms with Crippen molar-refractivity contribution in [3.05, 3.63) is 69.4 Å². The minimum Gasteiger partial charge on any atom is -0.478 e. The fourth-order valence-corrected chi connectivity index (χ4v) is 6.15. The molecular weight excluding hydrogens is 536 g/mol. The van der Waals surface area contributed by atoms with Gasteiger partial charge in [0, 0.05) is 16.8 Å². The molecule has 0 unspecified atom stereocenters. The number of fused-ring (bicyclic) bond motifs is 3. The summed E-state index contributed by atoms with van der Waals surface area (Å²) in [6, 6.07) is 11.2. The number of nitrogens with zero attached hydrogens (tertiary/aromatic N) is 2. The Morgan fingerprint density at radius 1 is 0.927 bits per heavy atom. The van der Waals surface area contributed by atoms with Gasteiger partial charge in [-0.3, -0.25) is 4.79 Å². The number of hydrogen-bond acceptors (Lipinski definition) is 5. The van der Waals surface area contributed by atoms with Crippen LogP contribution in [0.15, 0.2) is 36.4 Å². The summed E-state index contributed by atoms with van der Waals surface area (Å²) in [6.07, 6.45) is 9.04. The Morgan fingerprint density at radius 3 is 2.20 bits per heavy atom. The van der Waals surface area contributed by atoms with Crippen LogP contribution < -0.4 is 4.74 Å². The van der Waals surface area contributed by atoms with Crippen molar-refractivity contribution in [1.82, 2.24) is 9.88 Å². The summed E-state index contributed by atoms with van der Waals surface area (Å²) in [5, 5.41) is 11.4. The zero-order chi connectivity index (χ0) is 29.4. The lowest BCUT2D eigenvalue weighted by Gasteiger charge is -2.23. The predicted octanol–water partition coefficient (Wildman–Crippen LogP) is 7.89. The van der Waals surface area contributed by atoms with Crippen molar-refractivity contribution >= 4 is 34.4 Å². The van der Waals surface area contributed by atoms with Gasteiger partial charge in [-0.1, -0.05) is 75.9 Å².